The van der Waals surface area contributed by atoms with Crippen molar-refractivity contribution in [3.8, 4) is 0 Å². The van der Waals surface area contributed by atoms with Crippen LogP contribution >= 0.6 is 0 Å². The largest absolute Gasteiger partial charge is 0.362 e. The first-order valence-electron chi connectivity index (χ1n) is 5.49. The van der Waals surface area contributed by atoms with E-state index >= 15 is 0 Å². The summed E-state index contributed by atoms with van der Waals surface area (Å²) in [5, 5.41) is 3.16. The maximum atomic E-state index is 12.8. The first kappa shape index (κ1) is 12.3. The van der Waals surface area contributed by atoms with Crippen LogP contribution in [0, 0.1) is 5.82 Å². The van der Waals surface area contributed by atoms with Crippen LogP contribution in [0.4, 0.5) is 16.0 Å². The summed E-state index contributed by atoms with van der Waals surface area (Å²) in [6.45, 7) is 1.96. The molecule has 2 aromatic rings. The molecule has 4 N–H and O–H groups in total. The van der Waals surface area contributed by atoms with Crippen molar-refractivity contribution in [3.05, 3.63) is 48.0 Å². The molecule has 0 aliphatic rings. The van der Waals surface area contributed by atoms with E-state index < -0.39 is 0 Å². The molecule has 0 spiro atoms. The number of hydrogen-bond donors (Lipinski definition) is 3. The summed E-state index contributed by atoms with van der Waals surface area (Å²) in [5.41, 5.74) is 3.39. The van der Waals surface area contributed by atoms with Crippen molar-refractivity contribution in [3.63, 3.8) is 0 Å². The molecular formula is C12H14FN5. The molecule has 5 nitrogen and oxygen atoms in total. The monoisotopic (exact) mass is 247 g/mol. The van der Waals surface area contributed by atoms with Crippen LogP contribution in [-0.4, -0.2) is 9.97 Å². The van der Waals surface area contributed by atoms with Gasteiger partial charge < -0.3 is 10.7 Å². The van der Waals surface area contributed by atoms with E-state index in [4.69, 9.17) is 5.84 Å². The van der Waals surface area contributed by atoms with Crippen molar-refractivity contribution in [2.24, 2.45) is 5.84 Å². The van der Waals surface area contributed by atoms with Gasteiger partial charge in [0.05, 0.1) is 12.4 Å². The molecule has 0 fully saturated rings. The van der Waals surface area contributed by atoms with E-state index in [1.54, 1.807) is 18.3 Å². The van der Waals surface area contributed by atoms with Crippen LogP contribution in [0.2, 0.25) is 0 Å². The van der Waals surface area contributed by atoms with Crippen LogP contribution < -0.4 is 16.6 Å². The van der Waals surface area contributed by atoms with Crippen molar-refractivity contribution in [2.45, 2.75) is 13.0 Å². The molecule has 0 radical (unpaired) electrons. The topological polar surface area (TPSA) is 75.9 Å². The Morgan fingerprint density at radius 3 is 2.50 bits per heavy atom. The molecule has 1 unspecified atom stereocenters. The van der Waals surface area contributed by atoms with Crippen LogP contribution in [0.1, 0.15) is 18.5 Å². The predicted octanol–water partition coefficient (Wildman–Crippen LogP) is 2.07. The highest BCUT2D eigenvalue weighted by atomic mass is 19.1. The van der Waals surface area contributed by atoms with Crippen LogP contribution in [0.25, 0.3) is 0 Å². The van der Waals surface area contributed by atoms with Crippen LogP contribution in [0.5, 0.6) is 0 Å². The Bertz CT molecular complexity index is 514. The lowest BCUT2D eigenvalue weighted by atomic mass is 10.1. The molecule has 6 heteroatoms. The fourth-order valence-corrected chi connectivity index (χ4v) is 1.56. The quantitative estimate of drug-likeness (QED) is 0.569. The maximum absolute atomic E-state index is 12.8. The molecule has 0 bridgehead atoms. The van der Waals surface area contributed by atoms with Crippen LogP contribution in [0.15, 0.2) is 36.7 Å². The zero-order chi connectivity index (χ0) is 13.0. The van der Waals surface area contributed by atoms with E-state index in [1.165, 1.54) is 18.3 Å². The fourth-order valence-electron chi connectivity index (χ4n) is 1.56. The Hall–Kier alpha value is -2.21. The van der Waals surface area contributed by atoms with Gasteiger partial charge in [-0.1, -0.05) is 12.1 Å². The van der Waals surface area contributed by atoms with Gasteiger partial charge in [-0.2, -0.15) is 0 Å². The van der Waals surface area contributed by atoms with Crippen molar-refractivity contribution in [1.29, 1.82) is 0 Å². The lowest BCUT2D eigenvalue weighted by Gasteiger charge is -2.15. The number of nitrogen functional groups attached to an aromatic ring is 1. The van der Waals surface area contributed by atoms with E-state index in [2.05, 4.69) is 20.7 Å². The summed E-state index contributed by atoms with van der Waals surface area (Å²) in [5.74, 6) is 6.08. The predicted molar refractivity (Wildman–Crippen MR) is 68.3 cm³/mol. The van der Waals surface area contributed by atoms with Crippen LogP contribution in [-0.2, 0) is 0 Å². The number of nitrogens with zero attached hydrogens (tertiary/aromatic N) is 2. The van der Waals surface area contributed by atoms with Gasteiger partial charge in [0.1, 0.15) is 11.6 Å². The van der Waals surface area contributed by atoms with Gasteiger partial charge in [0.15, 0.2) is 5.82 Å². The van der Waals surface area contributed by atoms with Gasteiger partial charge >= 0.3 is 0 Å². The number of nitrogens with one attached hydrogen (secondary N) is 2. The molecule has 0 amide bonds. The Morgan fingerprint density at radius 2 is 1.83 bits per heavy atom. The fraction of sp³-hybridized carbons (Fsp3) is 0.167. The van der Waals surface area contributed by atoms with E-state index in [0.29, 0.717) is 11.6 Å². The zero-order valence-corrected chi connectivity index (χ0v) is 9.89. The Kier molecular flexibility index (Phi) is 3.69. The molecule has 0 aliphatic heterocycles. The lowest BCUT2D eigenvalue weighted by molar-refractivity contribution is 0.626. The van der Waals surface area contributed by atoms with E-state index in [0.717, 1.165) is 5.56 Å². The number of nitrogens with two attached hydrogens (primary N) is 1. The molecule has 1 aromatic carbocycles. The summed E-state index contributed by atoms with van der Waals surface area (Å²) in [7, 11) is 0. The van der Waals surface area contributed by atoms with E-state index in [1.807, 2.05) is 6.92 Å². The molecule has 0 saturated heterocycles. The molecule has 18 heavy (non-hydrogen) atoms. The molecule has 0 aliphatic carbocycles. The molecule has 1 atom stereocenters. The summed E-state index contributed by atoms with van der Waals surface area (Å²) in [6.07, 6.45) is 3.12. The summed E-state index contributed by atoms with van der Waals surface area (Å²) >= 11 is 0. The average Bonchev–Trinajstić information content (AvgIpc) is 2.39. The third kappa shape index (κ3) is 2.92. The number of hydrazine groups is 1. The maximum Gasteiger partial charge on any atom is 0.160 e. The van der Waals surface area contributed by atoms with Crippen molar-refractivity contribution in [2.75, 3.05) is 10.7 Å². The number of halogens is 1. The van der Waals surface area contributed by atoms with Gasteiger partial charge in [-0.05, 0) is 24.6 Å². The smallest absolute Gasteiger partial charge is 0.160 e. The first-order chi connectivity index (χ1) is 8.69. The van der Waals surface area contributed by atoms with E-state index in [-0.39, 0.29) is 11.9 Å². The Balaban J connectivity index is 2.10. The summed E-state index contributed by atoms with van der Waals surface area (Å²) < 4.78 is 12.8. The third-order valence-electron chi connectivity index (χ3n) is 2.52. The number of rotatable bonds is 4. The Labute approximate surface area is 104 Å². The molecule has 2 rings (SSSR count). The average molecular weight is 247 g/mol. The van der Waals surface area contributed by atoms with Gasteiger partial charge in [-0.25, -0.2) is 15.2 Å². The SMILES string of the molecule is CC(Nc1cncc(NN)n1)c1ccc(F)cc1. The third-order valence-corrected chi connectivity index (χ3v) is 2.52. The molecule has 1 aromatic heterocycles. The van der Waals surface area contributed by atoms with Crippen molar-refractivity contribution >= 4 is 11.6 Å². The highest BCUT2D eigenvalue weighted by molar-refractivity contribution is 5.42. The highest BCUT2D eigenvalue weighted by Gasteiger charge is 2.06. The van der Waals surface area contributed by atoms with Gasteiger partial charge in [-0.15, -0.1) is 0 Å². The molecular weight excluding hydrogens is 233 g/mol. The van der Waals surface area contributed by atoms with Gasteiger partial charge in [-0.3, -0.25) is 4.98 Å². The number of anilines is 2. The standard InChI is InChI=1S/C12H14FN5/c1-8(9-2-4-10(13)5-3-9)16-11-6-15-7-12(17-11)18-14/h2-8H,14H2,1H3,(H2,16,17,18). The molecule has 94 valence electrons. The van der Waals surface area contributed by atoms with Gasteiger partial charge in [0.25, 0.3) is 0 Å². The number of benzene rings is 1. The van der Waals surface area contributed by atoms with Gasteiger partial charge in [0, 0.05) is 6.04 Å². The second kappa shape index (κ2) is 5.42. The summed E-state index contributed by atoms with van der Waals surface area (Å²) in [4.78, 5) is 8.18. The van der Waals surface area contributed by atoms with Crippen molar-refractivity contribution < 1.29 is 4.39 Å². The molecule has 1 heterocycles. The highest BCUT2D eigenvalue weighted by Crippen LogP contribution is 2.18. The zero-order valence-electron chi connectivity index (χ0n) is 9.89. The number of hydrogen-bond acceptors (Lipinski definition) is 5. The van der Waals surface area contributed by atoms with Crippen molar-refractivity contribution in [1.82, 2.24) is 9.97 Å². The second-order valence-corrected chi connectivity index (χ2v) is 3.85. The minimum Gasteiger partial charge on any atom is -0.362 e. The Morgan fingerprint density at radius 1 is 1.17 bits per heavy atom. The summed E-state index contributed by atoms with van der Waals surface area (Å²) in [6, 6.07) is 6.30. The minimum absolute atomic E-state index is 0.00655. The van der Waals surface area contributed by atoms with Gasteiger partial charge in [0.2, 0.25) is 0 Å². The minimum atomic E-state index is -0.250. The molecule has 0 saturated carbocycles. The normalized spacial score (nSPS) is 11.9. The van der Waals surface area contributed by atoms with E-state index in [9.17, 15) is 4.39 Å². The second-order valence-electron chi connectivity index (χ2n) is 3.85. The lowest BCUT2D eigenvalue weighted by Crippen LogP contribution is -2.12. The first-order valence-corrected chi connectivity index (χ1v) is 5.49. The number of aromatic nitrogens is 2. The van der Waals surface area contributed by atoms with Crippen LogP contribution in [0.3, 0.4) is 0 Å².